The van der Waals surface area contributed by atoms with Crippen LogP contribution in [0.2, 0.25) is 0 Å². The molecule has 30 heavy (non-hydrogen) atoms. The van der Waals surface area contributed by atoms with Gasteiger partial charge in [-0.1, -0.05) is 43.3 Å². The highest BCUT2D eigenvalue weighted by atomic mass is 16.5. The van der Waals surface area contributed by atoms with Gasteiger partial charge in [0.15, 0.2) is 0 Å². The zero-order chi connectivity index (χ0) is 20.9. The van der Waals surface area contributed by atoms with Gasteiger partial charge in [0.25, 0.3) is 0 Å². The van der Waals surface area contributed by atoms with Gasteiger partial charge in [0.2, 0.25) is 0 Å². The van der Waals surface area contributed by atoms with E-state index >= 15 is 0 Å². The van der Waals surface area contributed by atoms with Crippen LogP contribution in [0.15, 0.2) is 60.8 Å². The zero-order valence-electron chi connectivity index (χ0n) is 18.1. The summed E-state index contributed by atoms with van der Waals surface area (Å²) in [5.41, 5.74) is 4.95. The van der Waals surface area contributed by atoms with Gasteiger partial charge in [0, 0.05) is 32.4 Å². The molecule has 0 aliphatic carbocycles. The first-order valence-electron chi connectivity index (χ1n) is 10.8. The summed E-state index contributed by atoms with van der Waals surface area (Å²) >= 11 is 0. The summed E-state index contributed by atoms with van der Waals surface area (Å²) in [5.74, 6) is 0.874. The average Bonchev–Trinajstić information content (AvgIpc) is 3.22. The van der Waals surface area contributed by atoms with Crippen molar-refractivity contribution >= 4 is 0 Å². The summed E-state index contributed by atoms with van der Waals surface area (Å²) < 4.78 is 13.6. The van der Waals surface area contributed by atoms with E-state index < -0.39 is 0 Å². The van der Waals surface area contributed by atoms with Crippen LogP contribution in [0.3, 0.4) is 0 Å². The number of hydrogen-bond donors (Lipinski definition) is 0. The van der Waals surface area contributed by atoms with E-state index in [1.54, 1.807) is 7.11 Å². The summed E-state index contributed by atoms with van der Waals surface area (Å²) in [7, 11) is 3.71. The monoisotopic (exact) mass is 405 g/mol. The highest BCUT2D eigenvalue weighted by molar-refractivity contribution is 5.68. The molecule has 1 aliphatic heterocycles. The molecule has 2 heterocycles. The van der Waals surface area contributed by atoms with Gasteiger partial charge in [-0.3, -0.25) is 9.58 Å². The van der Waals surface area contributed by atoms with E-state index in [2.05, 4.69) is 59.4 Å². The van der Waals surface area contributed by atoms with Gasteiger partial charge in [0.05, 0.1) is 18.9 Å². The molecular weight excluding hydrogens is 374 g/mol. The molecular formula is C25H31N3O2. The largest absolute Gasteiger partial charge is 0.497 e. The predicted molar refractivity (Wildman–Crippen MR) is 119 cm³/mol. The molecule has 0 radical (unpaired) electrons. The number of rotatable bonds is 7. The number of methoxy groups -OCH3 is 1. The SMILES string of the molecule is CCN(Cc1ccnn1C)[C@H]1CCO[C@@H](c2ccccc2-c2ccc(OC)cc2)C1. The maximum absolute atomic E-state index is 6.29. The van der Waals surface area contributed by atoms with Crippen LogP contribution < -0.4 is 4.74 Å². The minimum absolute atomic E-state index is 0.0997. The van der Waals surface area contributed by atoms with Crippen molar-refractivity contribution in [2.45, 2.75) is 38.5 Å². The van der Waals surface area contributed by atoms with E-state index in [0.29, 0.717) is 6.04 Å². The second-order valence-corrected chi connectivity index (χ2v) is 7.86. The standard InChI is InChI=1S/C25H31N3O2/c1-4-28(18-21-13-15-26-27(21)2)20-14-16-30-25(17-20)24-8-6-5-7-23(24)19-9-11-22(29-3)12-10-19/h5-13,15,20,25H,4,14,16-18H2,1-3H3/t20-,25+/m0/s1. The van der Waals surface area contributed by atoms with Crippen molar-refractivity contribution < 1.29 is 9.47 Å². The van der Waals surface area contributed by atoms with Crippen molar-refractivity contribution in [2.24, 2.45) is 7.05 Å². The molecule has 2 atom stereocenters. The first-order valence-corrected chi connectivity index (χ1v) is 10.8. The molecule has 1 saturated heterocycles. The molecule has 4 rings (SSSR count). The molecule has 1 aliphatic rings. The van der Waals surface area contributed by atoms with Crippen LogP contribution in [0.4, 0.5) is 0 Å². The van der Waals surface area contributed by atoms with E-state index in [-0.39, 0.29) is 6.10 Å². The van der Waals surface area contributed by atoms with Gasteiger partial charge >= 0.3 is 0 Å². The fourth-order valence-electron chi connectivity index (χ4n) is 4.40. The zero-order valence-corrected chi connectivity index (χ0v) is 18.1. The number of benzene rings is 2. The Morgan fingerprint density at radius 3 is 2.63 bits per heavy atom. The van der Waals surface area contributed by atoms with E-state index in [1.165, 1.54) is 22.4 Å². The lowest BCUT2D eigenvalue weighted by Gasteiger charge is -2.37. The number of aryl methyl sites for hydroxylation is 1. The van der Waals surface area contributed by atoms with Gasteiger partial charge in [-0.25, -0.2) is 0 Å². The number of aromatic nitrogens is 2. The van der Waals surface area contributed by atoms with E-state index in [0.717, 1.165) is 38.3 Å². The Bertz CT molecular complexity index is 951. The van der Waals surface area contributed by atoms with Gasteiger partial charge in [-0.2, -0.15) is 5.10 Å². The lowest BCUT2D eigenvalue weighted by Crippen LogP contribution is -2.40. The van der Waals surface area contributed by atoms with Crippen molar-refractivity contribution in [1.82, 2.24) is 14.7 Å². The second kappa shape index (κ2) is 9.45. The minimum atomic E-state index is 0.0997. The molecule has 3 aromatic rings. The summed E-state index contributed by atoms with van der Waals surface area (Å²) in [6, 6.07) is 19.5. The minimum Gasteiger partial charge on any atom is -0.497 e. The molecule has 0 N–H and O–H groups in total. The maximum Gasteiger partial charge on any atom is 0.118 e. The fourth-order valence-corrected chi connectivity index (χ4v) is 4.40. The summed E-state index contributed by atoms with van der Waals surface area (Å²) in [4.78, 5) is 2.56. The maximum atomic E-state index is 6.29. The van der Waals surface area contributed by atoms with Crippen LogP contribution in [0.5, 0.6) is 5.75 Å². The van der Waals surface area contributed by atoms with Crippen molar-refractivity contribution in [3.63, 3.8) is 0 Å². The van der Waals surface area contributed by atoms with Crippen molar-refractivity contribution in [1.29, 1.82) is 0 Å². The first kappa shape index (κ1) is 20.6. The van der Waals surface area contributed by atoms with Gasteiger partial charge in [-0.05, 0) is 54.3 Å². The number of hydrogen-bond acceptors (Lipinski definition) is 4. The normalized spacial score (nSPS) is 19.2. The van der Waals surface area contributed by atoms with Crippen LogP contribution in [0.1, 0.15) is 37.1 Å². The summed E-state index contributed by atoms with van der Waals surface area (Å²) in [6.45, 7) is 4.97. The fraction of sp³-hybridized carbons (Fsp3) is 0.400. The second-order valence-electron chi connectivity index (χ2n) is 7.86. The molecule has 1 fully saturated rings. The van der Waals surface area contributed by atoms with Crippen molar-refractivity contribution in [2.75, 3.05) is 20.3 Å². The van der Waals surface area contributed by atoms with E-state index in [1.807, 2.05) is 30.1 Å². The molecule has 158 valence electrons. The van der Waals surface area contributed by atoms with Crippen LogP contribution in [0, 0.1) is 0 Å². The van der Waals surface area contributed by atoms with Crippen LogP contribution in [-0.2, 0) is 18.3 Å². The Balaban J connectivity index is 1.55. The first-order chi connectivity index (χ1) is 14.7. The number of ether oxygens (including phenoxy) is 2. The topological polar surface area (TPSA) is 39.5 Å². The number of nitrogens with zero attached hydrogens (tertiary/aromatic N) is 3. The van der Waals surface area contributed by atoms with Crippen LogP contribution >= 0.6 is 0 Å². The van der Waals surface area contributed by atoms with Crippen molar-refractivity contribution in [3.8, 4) is 16.9 Å². The smallest absolute Gasteiger partial charge is 0.118 e. The third kappa shape index (κ3) is 4.42. The van der Waals surface area contributed by atoms with Crippen molar-refractivity contribution in [3.05, 3.63) is 72.1 Å². The van der Waals surface area contributed by atoms with Gasteiger partial charge in [0.1, 0.15) is 5.75 Å². The molecule has 0 saturated carbocycles. The molecule has 1 aromatic heterocycles. The molecule has 0 amide bonds. The average molecular weight is 406 g/mol. The Morgan fingerprint density at radius 2 is 1.93 bits per heavy atom. The quantitative estimate of drug-likeness (QED) is 0.564. The molecule has 0 spiro atoms. The predicted octanol–water partition coefficient (Wildman–Crippen LogP) is 4.84. The van der Waals surface area contributed by atoms with Crippen LogP contribution in [-0.4, -0.2) is 41.0 Å². The Labute approximate surface area is 179 Å². The molecule has 5 heteroatoms. The van der Waals surface area contributed by atoms with Crippen LogP contribution in [0.25, 0.3) is 11.1 Å². The Morgan fingerprint density at radius 1 is 1.13 bits per heavy atom. The highest BCUT2D eigenvalue weighted by Crippen LogP contribution is 2.37. The molecule has 5 nitrogen and oxygen atoms in total. The van der Waals surface area contributed by atoms with E-state index in [9.17, 15) is 0 Å². The molecule has 0 unspecified atom stereocenters. The lowest BCUT2D eigenvalue weighted by atomic mass is 9.90. The Hall–Kier alpha value is -2.63. The third-order valence-corrected chi connectivity index (χ3v) is 6.18. The van der Waals surface area contributed by atoms with Gasteiger partial charge in [-0.15, -0.1) is 0 Å². The van der Waals surface area contributed by atoms with E-state index in [4.69, 9.17) is 9.47 Å². The summed E-state index contributed by atoms with van der Waals surface area (Å²) in [6.07, 6.45) is 4.04. The summed E-state index contributed by atoms with van der Waals surface area (Å²) in [5, 5.41) is 4.33. The van der Waals surface area contributed by atoms with Gasteiger partial charge < -0.3 is 9.47 Å². The molecule has 0 bridgehead atoms. The third-order valence-electron chi connectivity index (χ3n) is 6.18. The Kier molecular flexibility index (Phi) is 6.50. The molecule has 2 aromatic carbocycles. The lowest BCUT2D eigenvalue weighted by molar-refractivity contribution is -0.0296. The highest BCUT2D eigenvalue weighted by Gasteiger charge is 2.29.